The van der Waals surface area contributed by atoms with Gasteiger partial charge in [0.25, 0.3) is 0 Å². The lowest BCUT2D eigenvalue weighted by atomic mass is 10.2. The fourth-order valence-corrected chi connectivity index (χ4v) is 2.62. The third-order valence-electron chi connectivity index (χ3n) is 3.83. The van der Waals surface area contributed by atoms with Gasteiger partial charge in [0.1, 0.15) is 0 Å². The predicted molar refractivity (Wildman–Crippen MR) is 92.7 cm³/mol. The largest absolute Gasteiger partial charge is 0.477 e. The second kappa shape index (κ2) is 7.79. The van der Waals surface area contributed by atoms with E-state index < -0.39 is 0 Å². The van der Waals surface area contributed by atoms with Gasteiger partial charge in [-0.15, -0.1) is 5.10 Å². The van der Waals surface area contributed by atoms with E-state index >= 15 is 0 Å². The summed E-state index contributed by atoms with van der Waals surface area (Å²) in [7, 11) is 2.16. The van der Waals surface area contributed by atoms with Crippen LogP contribution in [-0.2, 0) is 6.54 Å². The average Bonchev–Trinajstić information content (AvgIpc) is 2.98. The fraction of sp³-hybridized carbons (Fsp3) is 0.316. The number of pyridine rings is 1. The van der Waals surface area contributed by atoms with Crippen molar-refractivity contribution in [1.82, 2.24) is 14.5 Å². The average molecular weight is 309 g/mol. The molecule has 0 bridgehead atoms. The molecule has 0 radical (unpaired) electrons. The lowest BCUT2D eigenvalue weighted by Crippen LogP contribution is -2.19. The maximum atomic E-state index is 5.74. The zero-order valence-electron chi connectivity index (χ0n) is 13.6. The number of hydrogen-bond acceptors (Lipinski definition) is 3. The molecule has 3 aromatic rings. The standard InChI is InChI=1S/C19H23N3O/c1-21(16-17-9-3-2-4-10-17)12-7-8-14-23-19-15-18-11-5-6-13-22(18)20-19/h2-6,9-11,13,15H,7-8,12,14,16H2,1H3. The monoisotopic (exact) mass is 309 g/mol. The van der Waals surface area contributed by atoms with Gasteiger partial charge in [-0.25, -0.2) is 4.52 Å². The molecule has 2 heterocycles. The van der Waals surface area contributed by atoms with Crippen LogP contribution in [0, 0.1) is 0 Å². The number of benzene rings is 1. The van der Waals surface area contributed by atoms with Crippen molar-refractivity contribution in [3.63, 3.8) is 0 Å². The summed E-state index contributed by atoms with van der Waals surface area (Å²) in [5.41, 5.74) is 2.42. The van der Waals surface area contributed by atoms with Crippen LogP contribution in [0.15, 0.2) is 60.8 Å². The zero-order valence-corrected chi connectivity index (χ0v) is 13.6. The van der Waals surface area contributed by atoms with Crippen molar-refractivity contribution >= 4 is 5.52 Å². The maximum Gasteiger partial charge on any atom is 0.233 e. The zero-order chi connectivity index (χ0) is 15.9. The van der Waals surface area contributed by atoms with Crippen LogP contribution in [0.5, 0.6) is 5.88 Å². The van der Waals surface area contributed by atoms with E-state index in [1.54, 1.807) is 0 Å². The van der Waals surface area contributed by atoms with Gasteiger partial charge in [0.15, 0.2) is 0 Å². The molecule has 0 fully saturated rings. The molecule has 1 aromatic carbocycles. The Balaban J connectivity index is 1.35. The number of ether oxygens (including phenoxy) is 1. The Morgan fingerprint density at radius 1 is 1.04 bits per heavy atom. The number of nitrogens with zero attached hydrogens (tertiary/aromatic N) is 3. The van der Waals surface area contributed by atoms with Crippen LogP contribution in [0.25, 0.3) is 5.52 Å². The molecule has 0 N–H and O–H groups in total. The van der Waals surface area contributed by atoms with Gasteiger partial charge in [0.2, 0.25) is 5.88 Å². The van der Waals surface area contributed by atoms with Crippen molar-refractivity contribution in [2.75, 3.05) is 20.2 Å². The predicted octanol–water partition coefficient (Wildman–Crippen LogP) is 3.63. The van der Waals surface area contributed by atoms with Crippen LogP contribution in [0.3, 0.4) is 0 Å². The van der Waals surface area contributed by atoms with Crippen LogP contribution >= 0.6 is 0 Å². The quantitative estimate of drug-likeness (QED) is 0.595. The molecule has 0 amide bonds. The first-order chi connectivity index (χ1) is 11.3. The Bertz CT molecular complexity index is 691. The van der Waals surface area contributed by atoms with E-state index in [1.165, 1.54) is 5.56 Å². The first kappa shape index (κ1) is 15.6. The highest BCUT2D eigenvalue weighted by atomic mass is 16.5. The highest BCUT2D eigenvalue weighted by molar-refractivity contribution is 5.48. The highest BCUT2D eigenvalue weighted by Crippen LogP contribution is 2.13. The first-order valence-electron chi connectivity index (χ1n) is 8.11. The minimum Gasteiger partial charge on any atom is -0.477 e. The van der Waals surface area contributed by atoms with Gasteiger partial charge in [0, 0.05) is 18.8 Å². The summed E-state index contributed by atoms with van der Waals surface area (Å²) < 4.78 is 7.58. The first-order valence-corrected chi connectivity index (χ1v) is 8.11. The summed E-state index contributed by atoms with van der Waals surface area (Å²) in [6.07, 6.45) is 4.09. The SMILES string of the molecule is CN(CCCCOc1cc2ccccn2n1)Cc1ccccc1. The van der Waals surface area contributed by atoms with Crippen molar-refractivity contribution in [3.05, 3.63) is 66.4 Å². The van der Waals surface area contributed by atoms with Crippen molar-refractivity contribution < 1.29 is 4.74 Å². The van der Waals surface area contributed by atoms with Crippen LogP contribution in [0.4, 0.5) is 0 Å². The number of rotatable bonds is 8. The van der Waals surface area contributed by atoms with Crippen molar-refractivity contribution in [2.24, 2.45) is 0 Å². The Labute approximate surface area is 137 Å². The minimum absolute atomic E-state index is 0.703. The van der Waals surface area contributed by atoms with E-state index in [0.29, 0.717) is 12.5 Å². The normalized spacial score (nSPS) is 11.2. The molecular weight excluding hydrogens is 286 g/mol. The van der Waals surface area contributed by atoms with Gasteiger partial charge in [-0.2, -0.15) is 0 Å². The lowest BCUT2D eigenvalue weighted by molar-refractivity contribution is 0.269. The van der Waals surface area contributed by atoms with Gasteiger partial charge in [-0.05, 0) is 44.1 Å². The maximum absolute atomic E-state index is 5.74. The van der Waals surface area contributed by atoms with Gasteiger partial charge in [-0.1, -0.05) is 36.4 Å². The van der Waals surface area contributed by atoms with Crippen molar-refractivity contribution in [3.8, 4) is 5.88 Å². The van der Waals surface area contributed by atoms with Gasteiger partial charge in [0.05, 0.1) is 12.1 Å². The van der Waals surface area contributed by atoms with Gasteiger partial charge in [-0.3, -0.25) is 0 Å². The lowest BCUT2D eigenvalue weighted by Gasteiger charge is -2.16. The second-order valence-electron chi connectivity index (χ2n) is 5.83. The molecule has 0 saturated carbocycles. The summed E-state index contributed by atoms with van der Waals surface area (Å²) in [5, 5.41) is 4.39. The molecule has 120 valence electrons. The highest BCUT2D eigenvalue weighted by Gasteiger charge is 2.02. The molecule has 23 heavy (non-hydrogen) atoms. The molecule has 0 aliphatic heterocycles. The number of aromatic nitrogens is 2. The summed E-state index contributed by atoms with van der Waals surface area (Å²) >= 11 is 0. The topological polar surface area (TPSA) is 29.8 Å². The number of hydrogen-bond donors (Lipinski definition) is 0. The molecular formula is C19H23N3O. The van der Waals surface area contributed by atoms with Crippen LogP contribution in [0.1, 0.15) is 18.4 Å². The molecule has 4 heteroatoms. The van der Waals surface area contributed by atoms with E-state index in [2.05, 4.69) is 47.4 Å². The Morgan fingerprint density at radius 2 is 1.87 bits per heavy atom. The summed E-state index contributed by atoms with van der Waals surface area (Å²) in [5.74, 6) is 0.703. The summed E-state index contributed by atoms with van der Waals surface area (Å²) in [6.45, 7) is 2.78. The van der Waals surface area contributed by atoms with Crippen molar-refractivity contribution in [2.45, 2.75) is 19.4 Å². The fourth-order valence-electron chi connectivity index (χ4n) is 2.62. The third kappa shape index (κ3) is 4.57. The third-order valence-corrected chi connectivity index (χ3v) is 3.83. The van der Waals surface area contributed by atoms with Gasteiger partial charge >= 0.3 is 0 Å². The van der Waals surface area contributed by atoms with Gasteiger partial charge < -0.3 is 9.64 Å². The van der Waals surface area contributed by atoms with E-state index in [0.717, 1.165) is 31.4 Å². The summed E-state index contributed by atoms with van der Waals surface area (Å²) in [6, 6.07) is 18.5. The molecule has 2 aromatic heterocycles. The second-order valence-corrected chi connectivity index (χ2v) is 5.83. The Hall–Kier alpha value is -2.33. The number of unbranched alkanes of at least 4 members (excludes halogenated alkanes) is 1. The number of fused-ring (bicyclic) bond motifs is 1. The van der Waals surface area contributed by atoms with E-state index in [4.69, 9.17) is 4.74 Å². The van der Waals surface area contributed by atoms with Crippen molar-refractivity contribution in [1.29, 1.82) is 0 Å². The Kier molecular flexibility index (Phi) is 5.27. The van der Waals surface area contributed by atoms with E-state index in [1.807, 2.05) is 35.0 Å². The molecule has 0 saturated heterocycles. The Morgan fingerprint density at radius 3 is 2.70 bits per heavy atom. The van der Waals surface area contributed by atoms with Crippen LogP contribution in [-0.4, -0.2) is 34.7 Å². The molecule has 0 unspecified atom stereocenters. The van der Waals surface area contributed by atoms with E-state index in [9.17, 15) is 0 Å². The van der Waals surface area contributed by atoms with Crippen LogP contribution in [0.2, 0.25) is 0 Å². The molecule has 0 aliphatic carbocycles. The smallest absolute Gasteiger partial charge is 0.233 e. The molecule has 0 aliphatic rings. The minimum atomic E-state index is 0.703. The molecule has 0 atom stereocenters. The van der Waals surface area contributed by atoms with E-state index in [-0.39, 0.29) is 0 Å². The summed E-state index contributed by atoms with van der Waals surface area (Å²) in [4.78, 5) is 2.35. The molecule has 0 spiro atoms. The van der Waals surface area contributed by atoms with Crippen LogP contribution < -0.4 is 4.74 Å². The molecule has 3 rings (SSSR count). The molecule has 4 nitrogen and oxygen atoms in total.